The zero-order valence-electron chi connectivity index (χ0n) is 17.6. The maximum Gasteiger partial charge on any atom is 0.137 e. The van der Waals surface area contributed by atoms with E-state index in [4.69, 9.17) is 4.74 Å². The van der Waals surface area contributed by atoms with Crippen molar-refractivity contribution in [2.45, 2.75) is 38.8 Å². The van der Waals surface area contributed by atoms with Gasteiger partial charge in [0.2, 0.25) is 0 Å². The van der Waals surface area contributed by atoms with Crippen molar-refractivity contribution in [3.63, 3.8) is 0 Å². The molecule has 2 aromatic carbocycles. The molecule has 1 aliphatic rings. The zero-order chi connectivity index (χ0) is 21.4. The lowest BCUT2D eigenvalue weighted by molar-refractivity contribution is 0.242. The Morgan fingerprint density at radius 3 is 2.77 bits per heavy atom. The van der Waals surface area contributed by atoms with Crippen LogP contribution in [0.1, 0.15) is 43.0 Å². The number of hydrogen-bond acceptors (Lipinski definition) is 4. The number of benzene rings is 2. The van der Waals surface area contributed by atoms with E-state index in [0.29, 0.717) is 17.4 Å². The van der Waals surface area contributed by atoms with E-state index in [0.717, 1.165) is 23.4 Å². The molecule has 2 aromatic heterocycles. The van der Waals surface area contributed by atoms with Crippen LogP contribution in [0.2, 0.25) is 0 Å². The number of thiazole rings is 1. The van der Waals surface area contributed by atoms with Crippen molar-refractivity contribution >= 4 is 11.3 Å². The second kappa shape index (κ2) is 8.05. The van der Waals surface area contributed by atoms with Gasteiger partial charge in [0.25, 0.3) is 0 Å². The maximum absolute atomic E-state index is 9.55. The first kappa shape index (κ1) is 19.6. The van der Waals surface area contributed by atoms with Gasteiger partial charge in [-0.25, -0.2) is 4.98 Å². The van der Waals surface area contributed by atoms with E-state index in [1.54, 1.807) is 11.3 Å². The van der Waals surface area contributed by atoms with Gasteiger partial charge in [-0.05, 0) is 73.7 Å². The summed E-state index contributed by atoms with van der Waals surface area (Å²) in [5.74, 6) is 0.620. The van der Waals surface area contributed by atoms with Crippen LogP contribution in [0.25, 0.3) is 21.0 Å². The van der Waals surface area contributed by atoms with Crippen molar-refractivity contribution < 1.29 is 4.74 Å². The highest BCUT2D eigenvalue weighted by Gasteiger charge is 2.26. The summed E-state index contributed by atoms with van der Waals surface area (Å²) in [7, 11) is 0. The third-order valence-electron chi connectivity index (χ3n) is 5.71. The van der Waals surface area contributed by atoms with E-state index in [2.05, 4.69) is 58.3 Å². The molecule has 31 heavy (non-hydrogen) atoms. The second-order valence-corrected chi connectivity index (χ2v) is 9.11. The Morgan fingerprint density at radius 1 is 1.16 bits per heavy atom. The highest BCUT2D eigenvalue weighted by atomic mass is 32.1. The minimum Gasteiger partial charge on any atom is -0.490 e. The van der Waals surface area contributed by atoms with Crippen molar-refractivity contribution in [1.82, 2.24) is 9.55 Å². The van der Waals surface area contributed by atoms with Gasteiger partial charge >= 0.3 is 0 Å². The number of nitrogens with zero attached hydrogens (tertiary/aromatic N) is 3. The van der Waals surface area contributed by atoms with Crippen molar-refractivity contribution in [2.24, 2.45) is 0 Å². The van der Waals surface area contributed by atoms with Crippen molar-refractivity contribution in [1.29, 1.82) is 5.26 Å². The molecule has 0 saturated heterocycles. The van der Waals surface area contributed by atoms with Gasteiger partial charge < -0.3 is 9.30 Å². The summed E-state index contributed by atoms with van der Waals surface area (Å²) in [6.07, 6.45) is 8.48. The fourth-order valence-electron chi connectivity index (χ4n) is 4.37. The Balaban J connectivity index is 1.48. The van der Waals surface area contributed by atoms with E-state index in [1.165, 1.54) is 21.6 Å². The van der Waals surface area contributed by atoms with Gasteiger partial charge in [0.1, 0.15) is 16.8 Å². The molecule has 1 atom stereocenters. The monoisotopic (exact) mass is 425 g/mol. The molecule has 0 fully saturated rings. The molecule has 4 aromatic rings. The van der Waals surface area contributed by atoms with Crippen LogP contribution in [0.3, 0.4) is 0 Å². The quantitative estimate of drug-likeness (QED) is 0.368. The number of fused-ring (bicyclic) bond motifs is 1. The van der Waals surface area contributed by atoms with Gasteiger partial charge in [-0.15, -0.1) is 11.3 Å². The molecule has 0 unspecified atom stereocenters. The normalized spacial score (nSPS) is 15.1. The molecule has 5 rings (SSSR count). The number of ether oxygens (including phenoxy) is 1. The first-order chi connectivity index (χ1) is 15.1. The Hall–Kier alpha value is -3.36. The minimum atomic E-state index is 0.0277. The van der Waals surface area contributed by atoms with E-state index >= 15 is 0 Å². The standard InChI is InChI=1S/C26H23N3OS/c1-17(2)30-24-11-8-18(14-19(24)15-27)26-28-16-25(31-26)22-7-5-6-21-20(22)9-10-23(21)29-12-3-4-13-29/h3-8,11-14,16-17,23H,9-10H2,1-2H3/t23-/m1/s1. The van der Waals surface area contributed by atoms with Gasteiger partial charge in [-0.2, -0.15) is 5.26 Å². The second-order valence-electron chi connectivity index (χ2n) is 8.08. The van der Waals surface area contributed by atoms with Crippen LogP contribution in [0.15, 0.2) is 67.1 Å². The van der Waals surface area contributed by atoms with Crippen LogP contribution in [-0.4, -0.2) is 15.7 Å². The minimum absolute atomic E-state index is 0.0277. The number of hydrogen-bond donors (Lipinski definition) is 0. The summed E-state index contributed by atoms with van der Waals surface area (Å²) >= 11 is 1.67. The van der Waals surface area contributed by atoms with Crippen LogP contribution in [-0.2, 0) is 6.42 Å². The fourth-order valence-corrected chi connectivity index (χ4v) is 5.33. The zero-order valence-corrected chi connectivity index (χ0v) is 18.4. The molecule has 154 valence electrons. The predicted octanol–water partition coefficient (Wildman–Crippen LogP) is 6.47. The lowest BCUT2D eigenvalue weighted by Gasteiger charge is -2.14. The average molecular weight is 426 g/mol. The van der Waals surface area contributed by atoms with Gasteiger partial charge in [0.15, 0.2) is 0 Å². The summed E-state index contributed by atoms with van der Waals surface area (Å²) < 4.78 is 8.05. The highest BCUT2D eigenvalue weighted by molar-refractivity contribution is 7.18. The Kier molecular flexibility index (Phi) is 5.09. The summed E-state index contributed by atoms with van der Waals surface area (Å²) in [6.45, 7) is 3.92. The summed E-state index contributed by atoms with van der Waals surface area (Å²) in [6, 6.07) is 19.2. The smallest absolute Gasteiger partial charge is 0.137 e. The van der Waals surface area contributed by atoms with Crippen LogP contribution >= 0.6 is 11.3 Å². The molecule has 0 bridgehead atoms. The SMILES string of the molecule is CC(C)Oc1ccc(-c2ncc(-c3cccc4c3CC[C@H]4n3cccc3)s2)cc1C#N. The number of aromatic nitrogens is 2. The van der Waals surface area contributed by atoms with Gasteiger partial charge in [-0.3, -0.25) is 0 Å². The topological polar surface area (TPSA) is 50.8 Å². The van der Waals surface area contributed by atoms with Crippen LogP contribution in [0.5, 0.6) is 5.75 Å². The molecule has 0 spiro atoms. The molecule has 1 aliphatic carbocycles. The predicted molar refractivity (Wildman–Crippen MR) is 124 cm³/mol. The number of rotatable bonds is 5. The lowest BCUT2D eigenvalue weighted by atomic mass is 10.0. The first-order valence-corrected chi connectivity index (χ1v) is 11.4. The van der Waals surface area contributed by atoms with E-state index < -0.39 is 0 Å². The summed E-state index contributed by atoms with van der Waals surface area (Å²) in [5.41, 5.74) is 5.59. The maximum atomic E-state index is 9.55. The van der Waals surface area contributed by atoms with Crippen molar-refractivity contribution in [3.05, 3.63) is 83.8 Å². The van der Waals surface area contributed by atoms with E-state index in [-0.39, 0.29) is 6.10 Å². The van der Waals surface area contributed by atoms with E-state index in [1.807, 2.05) is 38.2 Å². The largest absolute Gasteiger partial charge is 0.490 e. The molecular formula is C26H23N3OS. The third-order valence-corrected chi connectivity index (χ3v) is 6.79. The van der Waals surface area contributed by atoms with Gasteiger partial charge in [0, 0.05) is 24.2 Å². The fraction of sp³-hybridized carbons (Fsp3) is 0.231. The Morgan fingerprint density at radius 2 is 2.00 bits per heavy atom. The Labute approximate surface area is 186 Å². The van der Waals surface area contributed by atoms with Crippen LogP contribution < -0.4 is 4.74 Å². The lowest BCUT2D eigenvalue weighted by Crippen LogP contribution is -2.06. The third kappa shape index (κ3) is 3.64. The highest BCUT2D eigenvalue weighted by Crippen LogP contribution is 2.42. The number of nitriles is 1. The van der Waals surface area contributed by atoms with Crippen molar-refractivity contribution in [3.8, 4) is 32.8 Å². The summed E-state index contributed by atoms with van der Waals surface area (Å²) in [4.78, 5) is 5.85. The Bertz CT molecular complexity index is 1260. The molecular weight excluding hydrogens is 402 g/mol. The van der Waals surface area contributed by atoms with E-state index in [9.17, 15) is 5.26 Å². The molecule has 2 heterocycles. The molecule has 5 heteroatoms. The summed E-state index contributed by atoms with van der Waals surface area (Å²) in [5, 5.41) is 10.5. The van der Waals surface area contributed by atoms with Crippen LogP contribution in [0.4, 0.5) is 0 Å². The molecule has 0 amide bonds. The van der Waals surface area contributed by atoms with Gasteiger partial charge in [-0.1, -0.05) is 18.2 Å². The van der Waals surface area contributed by atoms with Crippen molar-refractivity contribution in [2.75, 3.05) is 0 Å². The molecule has 0 aliphatic heterocycles. The van der Waals surface area contributed by atoms with Crippen LogP contribution in [0, 0.1) is 11.3 Å². The average Bonchev–Trinajstić information content (AvgIpc) is 3.53. The first-order valence-electron chi connectivity index (χ1n) is 10.6. The molecule has 4 nitrogen and oxygen atoms in total. The molecule has 0 radical (unpaired) electrons. The van der Waals surface area contributed by atoms with Gasteiger partial charge in [0.05, 0.1) is 22.6 Å². The molecule has 0 N–H and O–H groups in total. The molecule has 0 saturated carbocycles.